The van der Waals surface area contributed by atoms with Gasteiger partial charge in [-0.25, -0.2) is 24.5 Å². The lowest BCUT2D eigenvalue weighted by Crippen LogP contribution is -2.29. The number of fused-ring (bicyclic) bond motifs is 2. The zero-order chi connectivity index (χ0) is 28.3. The molecule has 0 spiro atoms. The van der Waals surface area contributed by atoms with Gasteiger partial charge in [0.1, 0.15) is 18.5 Å². The second kappa shape index (κ2) is 11.6. The standard InChI is InChI=1S/C28H29N7O6/c1-2-29-28(38)34-23-20-24(32-14-31-23)35(15-33-20)25-22-21(40-27(41-22)16-8-4-3-5-9-16)19(39-25)12-6-11-18-17(26(36)37)10-7-13-30-18/h3-5,7-10,13-15,19,21-22,25,27H,2,6,11-12H2,1H3,(H,36,37)(H2,29,31,32,34,38)/t19?,21?,22?,25?,27-/m0/s1. The Hall–Kier alpha value is -4.46. The van der Waals surface area contributed by atoms with Crippen molar-refractivity contribution < 1.29 is 28.9 Å². The number of carbonyl (C=O) groups excluding carboxylic acids is 1. The van der Waals surface area contributed by atoms with Gasteiger partial charge in [-0.15, -0.1) is 0 Å². The average Bonchev–Trinajstić information content (AvgIpc) is 3.69. The molecule has 0 radical (unpaired) electrons. The number of rotatable bonds is 9. The molecule has 13 heteroatoms. The minimum atomic E-state index is -1.00. The normalized spacial score (nSPS) is 23.4. The molecule has 3 N–H and O–H groups in total. The van der Waals surface area contributed by atoms with Crippen LogP contribution in [0.3, 0.4) is 0 Å². The molecule has 1 aromatic carbocycles. The number of anilines is 1. The summed E-state index contributed by atoms with van der Waals surface area (Å²) in [4.78, 5) is 41.1. The number of aromatic nitrogens is 5. The molecule has 6 rings (SSSR count). The van der Waals surface area contributed by atoms with E-state index in [1.807, 2.05) is 37.3 Å². The van der Waals surface area contributed by atoms with Crippen LogP contribution in [0.25, 0.3) is 11.2 Å². The van der Waals surface area contributed by atoms with Crippen molar-refractivity contribution in [1.82, 2.24) is 29.8 Å². The monoisotopic (exact) mass is 559 g/mol. The molecule has 2 saturated heterocycles. The highest BCUT2D eigenvalue weighted by Crippen LogP contribution is 2.46. The van der Waals surface area contributed by atoms with E-state index in [-0.39, 0.29) is 23.6 Å². The maximum absolute atomic E-state index is 12.1. The SMILES string of the molecule is CCNC(=O)Nc1ncnc2c1ncn2C1OC(CCCc2ncccc2C(=O)O)C2O[C@H](c3ccccc3)OC21. The molecule has 2 aliphatic heterocycles. The lowest BCUT2D eigenvalue weighted by molar-refractivity contribution is -0.148. The number of carboxylic acids is 1. The number of aromatic carboxylic acids is 1. The summed E-state index contributed by atoms with van der Waals surface area (Å²) in [6.07, 6.45) is 3.85. The van der Waals surface area contributed by atoms with Gasteiger partial charge in [-0.2, -0.15) is 0 Å². The van der Waals surface area contributed by atoms with Gasteiger partial charge in [0.15, 0.2) is 29.5 Å². The van der Waals surface area contributed by atoms with Gasteiger partial charge in [0.05, 0.1) is 23.7 Å². The van der Waals surface area contributed by atoms with Gasteiger partial charge in [0.2, 0.25) is 0 Å². The number of nitrogens with zero attached hydrogens (tertiary/aromatic N) is 5. The number of urea groups is 1. The first-order valence-electron chi connectivity index (χ1n) is 13.4. The summed E-state index contributed by atoms with van der Waals surface area (Å²) in [5.74, 6) is -0.722. The molecule has 5 atom stereocenters. The minimum absolute atomic E-state index is 0.196. The topological polar surface area (TPSA) is 163 Å². The summed E-state index contributed by atoms with van der Waals surface area (Å²) >= 11 is 0. The number of hydrogen-bond donors (Lipinski definition) is 3. The lowest BCUT2D eigenvalue weighted by Gasteiger charge is -2.21. The molecule has 0 saturated carbocycles. The molecule has 5 heterocycles. The van der Waals surface area contributed by atoms with Crippen LogP contribution in [0.4, 0.5) is 10.6 Å². The van der Waals surface area contributed by atoms with E-state index in [2.05, 4.69) is 30.6 Å². The quantitative estimate of drug-likeness (QED) is 0.277. The molecule has 0 bridgehead atoms. The predicted molar refractivity (Wildman–Crippen MR) is 145 cm³/mol. The Balaban J connectivity index is 1.25. The summed E-state index contributed by atoms with van der Waals surface area (Å²) in [5, 5.41) is 14.9. The van der Waals surface area contributed by atoms with Crippen molar-refractivity contribution in [3.8, 4) is 0 Å². The van der Waals surface area contributed by atoms with Crippen LogP contribution in [0.2, 0.25) is 0 Å². The van der Waals surface area contributed by atoms with Crippen LogP contribution in [0.15, 0.2) is 61.3 Å². The summed E-state index contributed by atoms with van der Waals surface area (Å²) in [7, 11) is 0. The smallest absolute Gasteiger partial charge is 0.337 e. The van der Waals surface area contributed by atoms with E-state index in [9.17, 15) is 14.7 Å². The first-order valence-corrected chi connectivity index (χ1v) is 13.4. The van der Waals surface area contributed by atoms with Crippen molar-refractivity contribution >= 4 is 29.0 Å². The van der Waals surface area contributed by atoms with Gasteiger partial charge < -0.3 is 24.6 Å². The maximum atomic E-state index is 12.1. The van der Waals surface area contributed by atoms with E-state index < -0.39 is 30.6 Å². The molecular weight excluding hydrogens is 530 g/mol. The van der Waals surface area contributed by atoms with Crippen LogP contribution >= 0.6 is 0 Å². The molecule has 3 aromatic heterocycles. The van der Waals surface area contributed by atoms with E-state index in [0.717, 1.165) is 5.56 Å². The molecular formula is C28H29N7O6. The Morgan fingerprint density at radius 3 is 2.63 bits per heavy atom. The minimum Gasteiger partial charge on any atom is -0.478 e. The Morgan fingerprint density at radius 2 is 1.83 bits per heavy atom. The zero-order valence-corrected chi connectivity index (χ0v) is 22.2. The first kappa shape index (κ1) is 26.7. The second-order valence-corrected chi connectivity index (χ2v) is 9.73. The van der Waals surface area contributed by atoms with Gasteiger partial charge in [-0.1, -0.05) is 30.3 Å². The fraction of sp³-hybridized carbons (Fsp3) is 0.357. The van der Waals surface area contributed by atoms with Crippen molar-refractivity contribution in [1.29, 1.82) is 0 Å². The van der Waals surface area contributed by atoms with Gasteiger partial charge in [-0.3, -0.25) is 14.9 Å². The van der Waals surface area contributed by atoms with Crippen molar-refractivity contribution in [2.75, 3.05) is 11.9 Å². The Bertz CT molecular complexity index is 1550. The molecule has 4 aromatic rings. The highest BCUT2D eigenvalue weighted by Gasteiger charge is 2.53. The van der Waals surface area contributed by atoms with Crippen molar-refractivity contribution in [3.63, 3.8) is 0 Å². The number of pyridine rings is 1. The molecule has 2 amide bonds. The number of carboxylic acid groups (broad SMARTS) is 1. The summed E-state index contributed by atoms with van der Waals surface area (Å²) in [6.45, 7) is 2.29. The van der Waals surface area contributed by atoms with Crippen LogP contribution in [0.5, 0.6) is 0 Å². The summed E-state index contributed by atoms with van der Waals surface area (Å²) in [6, 6.07) is 12.5. The first-order chi connectivity index (χ1) is 20.0. The number of nitrogens with one attached hydrogen (secondary N) is 2. The highest BCUT2D eigenvalue weighted by molar-refractivity contribution is 5.95. The molecule has 41 heavy (non-hydrogen) atoms. The third-order valence-corrected chi connectivity index (χ3v) is 7.14. The molecule has 0 aliphatic carbocycles. The van der Waals surface area contributed by atoms with Crippen LogP contribution in [-0.4, -0.2) is 66.5 Å². The van der Waals surface area contributed by atoms with E-state index in [1.54, 1.807) is 29.2 Å². The largest absolute Gasteiger partial charge is 0.478 e. The van der Waals surface area contributed by atoms with Crippen LogP contribution < -0.4 is 10.6 Å². The van der Waals surface area contributed by atoms with E-state index in [1.165, 1.54) is 6.33 Å². The van der Waals surface area contributed by atoms with Crippen molar-refractivity contribution in [2.24, 2.45) is 0 Å². The second-order valence-electron chi connectivity index (χ2n) is 9.73. The van der Waals surface area contributed by atoms with Crippen LogP contribution in [0.1, 0.15) is 53.9 Å². The number of amides is 2. The highest BCUT2D eigenvalue weighted by atomic mass is 16.8. The molecule has 212 valence electrons. The Kier molecular flexibility index (Phi) is 7.55. The number of aryl methyl sites for hydroxylation is 1. The maximum Gasteiger partial charge on any atom is 0.337 e. The number of imidazole rings is 1. The average molecular weight is 560 g/mol. The Morgan fingerprint density at radius 1 is 1.00 bits per heavy atom. The lowest BCUT2D eigenvalue weighted by atomic mass is 10.0. The number of hydrogen-bond acceptors (Lipinski definition) is 9. The van der Waals surface area contributed by atoms with Gasteiger partial charge in [-0.05, 0) is 38.3 Å². The summed E-state index contributed by atoms with van der Waals surface area (Å²) < 4.78 is 21.1. The number of benzene rings is 1. The fourth-order valence-corrected chi connectivity index (χ4v) is 5.30. The van der Waals surface area contributed by atoms with Gasteiger partial charge in [0, 0.05) is 18.3 Å². The molecule has 2 aliphatic rings. The predicted octanol–water partition coefficient (Wildman–Crippen LogP) is 3.46. The fourth-order valence-electron chi connectivity index (χ4n) is 5.30. The number of ether oxygens (including phenoxy) is 3. The van der Waals surface area contributed by atoms with E-state index >= 15 is 0 Å². The van der Waals surface area contributed by atoms with Crippen molar-refractivity contribution in [2.45, 2.75) is 57.0 Å². The third-order valence-electron chi connectivity index (χ3n) is 7.14. The van der Waals surface area contributed by atoms with Crippen molar-refractivity contribution in [3.05, 3.63) is 78.1 Å². The Labute approximate surface area is 234 Å². The van der Waals surface area contributed by atoms with Crippen LogP contribution in [0, 0.1) is 0 Å². The summed E-state index contributed by atoms with van der Waals surface area (Å²) in [5.41, 5.74) is 2.51. The molecule has 13 nitrogen and oxygen atoms in total. The van der Waals surface area contributed by atoms with Gasteiger partial charge >= 0.3 is 12.0 Å². The van der Waals surface area contributed by atoms with Crippen LogP contribution in [-0.2, 0) is 20.6 Å². The third kappa shape index (κ3) is 5.34. The number of carbonyl (C=O) groups is 2. The molecule has 2 fully saturated rings. The van der Waals surface area contributed by atoms with E-state index in [0.29, 0.717) is 42.7 Å². The molecule has 4 unspecified atom stereocenters. The van der Waals surface area contributed by atoms with E-state index in [4.69, 9.17) is 14.2 Å². The van der Waals surface area contributed by atoms with Gasteiger partial charge in [0.25, 0.3) is 0 Å². The zero-order valence-electron chi connectivity index (χ0n) is 22.2.